The number of unbranched alkanes of at least 4 members (excludes halogenated alkanes) is 2. The molecule has 2 amide bonds. The number of rotatable bonds is 10. The van der Waals surface area contributed by atoms with Gasteiger partial charge in [-0.05, 0) is 54.4 Å². The third kappa shape index (κ3) is 6.99. The van der Waals surface area contributed by atoms with Crippen LogP contribution in [-0.2, 0) is 29.6 Å². The summed E-state index contributed by atoms with van der Waals surface area (Å²) in [5.74, 6) is -1.16. The minimum Gasteiger partial charge on any atom is -0.350 e. The zero-order valence-corrected chi connectivity index (χ0v) is 30.1. The number of nitrogens with zero attached hydrogens (tertiary/aromatic N) is 2. The number of aromatic amines is 1. The number of fused-ring (bicyclic) bond motifs is 1. The van der Waals surface area contributed by atoms with Gasteiger partial charge in [0.15, 0.2) is 3.95 Å². The van der Waals surface area contributed by atoms with Crippen molar-refractivity contribution in [2.45, 2.75) is 39.5 Å². The molecule has 0 saturated carbocycles. The van der Waals surface area contributed by atoms with Crippen LogP contribution in [-0.4, -0.2) is 55.3 Å². The first-order valence-corrected chi connectivity index (χ1v) is 19.7. The number of amides is 2. The smallest absolute Gasteiger partial charge is 0.285 e. The molecule has 48 heavy (non-hydrogen) atoms. The molecule has 1 aromatic heterocycles. The number of benzene rings is 3. The second-order valence-electron chi connectivity index (χ2n) is 10.9. The van der Waals surface area contributed by atoms with E-state index >= 15 is 0 Å². The van der Waals surface area contributed by atoms with Crippen molar-refractivity contribution in [2.24, 2.45) is 0 Å². The molecule has 10 nitrogen and oxygen atoms in total. The van der Waals surface area contributed by atoms with Gasteiger partial charge in [-0.1, -0.05) is 99.0 Å². The van der Waals surface area contributed by atoms with Crippen molar-refractivity contribution in [3.05, 3.63) is 105 Å². The van der Waals surface area contributed by atoms with Crippen LogP contribution in [0.1, 0.15) is 50.7 Å². The van der Waals surface area contributed by atoms with Crippen LogP contribution < -0.4 is 5.32 Å². The summed E-state index contributed by atoms with van der Waals surface area (Å²) in [6.45, 7) is 4.22. The first-order chi connectivity index (χ1) is 22.9. The van der Waals surface area contributed by atoms with Crippen molar-refractivity contribution in [1.29, 1.82) is 0 Å². The highest BCUT2D eigenvalue weighted by Gasteiger charge is 2.45. The normalized spacial score (nSPS) is 16.9. The molecule has 6 rings (SSSR count). The van der Waals surface area contributed by atoms with Crippen molar-refractivity contribution in [3.63, 3.8) is 0 Å². The van der Waals surface area contributed by atoms with E-state index in [1.165, 1.54) is 11.3 Å². The SMILES string of the molecule is CCCCN1C(=O)C(Cl)=C(c2ccccc2)S1(=O)=O.CCCCN1C(=O)C(Nc2ccc3[nH]c(=S)sc3c2)=C(c2ccccc2)S1(=O)=O. The Labute approximate surface area is 293 Å². The molecule has 0 bridgehead atoms. The van der Waals surface area contributed by atoms with Gasteiger partial charge in [-0.25, -0.2) is 25.4 Å². The number of sulfonamides is 2. The van der Waals surface area contributed by atoms with E-state index in [-0.39, 0.29) is 33.6 Å². The van der Waals surface area contributed by atoms with Gasteiger partial charge in [-0.15, -0.1) is 11.3 Å². The fraction of sp³-hybridized carbons (Fsp3) is 0.242. The Morgan fingerprint density at radius 2 is 1.29 bits per heavy atom. The molecule has 3 heterocycles. The van der Waals surface area contributed by atoms with E-state index in [0.29, 0.717) is 33.6 Å². The quantitative estimate of drug-likeness (QED) is 0.162. The Morgan fingerprint density at radius 1 is 0.771 bits per heavy atom. The third-order valence-electron chi connectivity index (χ3n) is 7.57. The monoisotopic (exact) mass is 744 g/mol. The van der Waals surface area contributed by atoms with Crippen LogP contribution in [0.2, 0.25) is 0 Å². The Morgan fingerprint density at radius 3 is 1.85 bits per heavy atom. The van der Waals surface area contributed by atoms with Gasteiger partial charge in [0.2, 0.25) is 0 Å². The number of thiazole rings is 1. The number of hydrogen-bond acceptors (Lipinski definition) is 9. The second-order valence-corrected chi connectivity index (χ2v) is 16.6. The lowest BCUT2D eigenvalue weighted by Crippen LogP contribution is -2.33. The van der Waals surface area contributed by atoms with E-state index in [1.807, 2.05) is 32.0 Å². The molecule has 2 aliphatic rings. The summed E-state index contributed by atoms with van der Waals surface area (Å²) in [5.41, 5.74) is 2.54. The maximum atomic E-state index is 13.2. The van der Waals surface area contributed by atoms with Crippen molar-refractivity contribution in [3.8, 4) is 0 Å². The van der Waals surface area contributed by atoms with Crippen LogP contribution in [0, 0.1) is 3.95 Å². The van der Waals surface area contributed by atoms with E-state index in [0.717, 1.165) is 31.7 Å². The Hall–Kier alpha value is -3.82. The zero-order chi connectivity index (χ0) is 34.6. The van der Waals surface area contributed by atoms with Crippen LogP contribution in [0.3, 0.4) is 0 Å². The van der Waals surface area contributed by atoms with E-state index in [2.05, 4.69) is 10.3 Å². The summed E-state index contributed by atoms with van der Waals surface area (Å²) < 4.78 is 54.6. The number of nitrogens with one attached hydrogen (secondary N) is 2. The van der Waals surface area contributed by atoms with Crippen molar-refractivity contribution < 1.29 is 26.4 Å². The number of hydrogen-bond donors (Lipinski definition) is 2. The molecule has 0 fully saturated rings. The van der Waals surface area contributed by atoms with E-state index in [1.54, 1.807) is 60.7 Å². The van der Waals surface area contributed by atoms with E-state index < -0.39 is 31.9 Å². The summed E-state index contributed by atoms with van der Waals surface area (Å²) >= 11 is 12.5. The van der Waals surface area contributed by atoms with Crippen molar-refractivity contribution in [2.75, 3.05) is 18.4 Å². The average molecular weight is 745 g/mol. The molecular formula is C33H33ClN4O6S4. The van der Waals surface area contributed by atoms with Crippen LogP contribution in [0.4, 0.5) is 5.69 Å². The molecule has 0 spiro atoms. The molecule has 0 radical (unpaired) electrons. The largest absolute Gasteiger partial charge is 0.350 e. The summed E-state index contributed by atoms with van der Waals surface area (Å²) in [6, 6.07) is 22.7. The van der Waals surface area contributed by atoms with E-state index in [9.17, 15) is 26.4 Å². The average Bonchev–Trinajstić information content (AvgIpc) is 3.58. The molecule has 15 heteroatoms. The number of aromatic nitrogens is 1. The molecule has 252 valence electrons. The Kier molecular flexibility index (Phi) is 10.9. The van der Waals surface area contributed by atoms with Gasteiger partial charge in [0.1, 0.15) is 20.5 Å². The Bertz CT molecular complexity index is 2200. The van der Waals surface area contributed by atoms with Gasteiger partial charge in [0, 0.05) is 18.8 Å². The van der Waals surface area contributed by atoms with Crippen LogP contribution in [0.15, 0.2) is 89.6 Å². The summed E-state index contributed by atoms with van der Waals surface area (Å²) in [5, 5.41) is 2.85. The minimum absolute atomic E-state index is 0.0148. The van der Waals surface area contributed by atoms with Crippen molar-refractivity contribution >= 4 is 92.7 Å². The second kappa shape index (κ2) is 14.7. The fourth-order valence-corrected chi connectivity index (χ4v) is 10.3. The number of H-pyrrole nitrogens is 1. The van der Waals surface area contributed by atoms with E-state index in [4.69, 9.17) is 23.8 Å². The lowest BCUT2D eigenvalue weighted by molar-refractivity contribution is -0.122. The molecule has 3 aromatic carbocycles. The number of carbonyl (C=O) groups excluding carboxylic acids is 2. The van der Waals surface area contributed by atoms with Gasteiger partial charge in [-0.3, -0.25) is 9.59 Å². The number of halogens is 1. The van der Waals surface area contributed by atoms with Crippen LogP contribution in [0.25, 0.3) is 20.0 Å². The third-order valence-corrected chi connectivity index (χ3v) is 13.0. The topological polar surface area (TPSA) is 137 Å². The molecule has 0 unspecified atom stereocenters. The van der Waals surface area contributed by atoms with Crippen LogP contribution in [0.5, 0.6) is 0 Å². The van der Waals surface area contributed by atoms with Gasteiger partial charge in [0.05, 0.1) is 10.2 Å². The molecule has 4 aromatic rings. The molecule has 0 aliphatic carbocycles. The predicted octanol–water partition coefficient (Wildman–Crippen LogP) is 7.28. The number of carbonyl (C=O) groups is 2. The van der Waals surface area contributed by atoms with Crippen molar-refractivity contribution in [1.82, 2.24) is 13.6 Å². The maximum absolute atomic E-state index is 13.2. The highest BCUT2D eigenvalue weighted by molar-refractivity contribution is 8.00. The predicted molar refractivity (Wildman–Crippen MR) is 194 cm³/mol. The summed E-state index contributed by atoms with van der Waals surface area (Å²) in [6.07, 6.45) is 2.82. The molecular weight excluding hydrogens is 712 g/mol. The van der Waals surface area contributed by atoms with Gasteiger partial charge in [-0.2, -0.15) is 0 Å². The zero-order valence-electron chi connectivity index (χ0n) is 26.1. The summed E-state index contributed by atoms with van der Waals surface area (Å²) in [4.78, 5) is 28.1. The Balaban J connectivity index is 0.000000206. The first kappa shape index (κ1) is 35.5. The highest BCUT2D eigenvalue weighted by atomic mass is 35.5. The van der Waals surface area contributed by atoms with Gasteiger partial charge < -0.3 is 10.3 Å². The van der Waals surface area contributed by atoms with Gasteiger partial charge >= 0.3 is 0 Å². The maximum Gasteiger partial charge on any atom is 0.285 e. The van der Waals surface area contributed by atoms with Gasteiger partial charge in [0.25, 0.3) is 31.9 Å². The fourth-order valence-electron chi connectivity index (χ4n) is 5.18. The lowest BCUT2D eigenvalue weighted by Gasteiger charge is -2.16. The summed E-state index contributed by atoms with van der Waals surface area (Å²) in [7, 11) is -7.75. The lowest BCUT2D eigenvalue weighted by atomic mass is 10.1. The molecule has 0 atom stereocenters. The molecule has 0 saturated heterocycles. The first-order valence-electron chi connectivity index (χ1n) is 15.2. The molecule has 2 aliphatic heterocycles. The number of anilines is 1. The van der Waals surface area contributed by atoms with Crippen LogP contribution >= 0.6 is 35.2 Å². The minimum atomic E-state index is -3.93. The molecule has 2 N–H and O–H groups in total. The highest BCUT2D eigenvalue weighted by Crippen LogP contribution is 2.38. The standard InChI is InChI=1S/C20H19N3O3S3.C13H14ClNO3S/c1-2-3-11-23-19(24)17(18(29(23,25)26)13-7-5-4-6-8-13)21-14-9-10-15-16(12-14)28-20(27)22-15;1-2-3-9-15-13(16)11(14)12(19(15,17)18)10-7-5-4-6-8-10/h4-10,12,21H,2-3,11H2,1H3,(H,22,27);4-8H,2-3,9H2,1H3.